The van der Waals surface area contributed by atoms with E-state index in [1.165, 1.54) is 5.56 Å². The number of rotatable bonds is 4. The van der Waals surface area contributed by atoms with Gasteiger partial charge in [-0.25, -0.2) is 4.98 Å². The number of aromatic amines is 1. The lowest BCUT2D eigenvalue weighted by atomic mass is 9.90. The monoisotopic (exact) mass is 386 g/mol. The zero-order valence-electron chi connectivity index (χ0n) is 16.0. The molecule has 0 atom stereocenters. The van der Waals surface area contributed by atoms with Crippen LogP contribution in [-0.2, 0) is 6.42 Å². The molecule has 1 aliphatic heterocycles. The predicted molar refractivity (Wildman–Crippen MR) is 113 cm³/mol. The van der Waals surface area contributed by atoms with Gasteiger partial charge in [0.15, 0.2) is 5.65 Å². The largest absolute Gasteiger partial charge is 0.464 e. The molecule has 0 radical (unpaired) electrons. The van der Waals surface area contributed by atoms with Gasteiger partial charge in [0.25, 0.3) is 5.56 Å². The molecule has 4 aromatic rings. The Bertz CT molecular complexity index is 1160. The molecule has 1 aliphatic rings. The standard InChI is InChI=1S/C23H22N4O2/c28-22-20-18(19-7-4-14-29-19)8-11-24-21(20)25-23(26-22)27-12-9-17(10-13-27)15-16-5-2-1-3-6-16/h1-8,11,14,17H,9-10,12-13,15H2,(H,24,25,26,28). The summed E-state index contributed by atoms with van der Waals surface area (Å²) in [6.45, 7) is 1.76. The third-order valence-corrected chi connectivity index (χ3v) is 5.66. The molecule has 0 amide bonds. The number of furan rings is 1. The zero-order chi connectivity index (χ0) is 19.6. The minimum atomic E-state index is -0.184. The van der Waals surface area contributed by atoms with E-state index in [4.69, 9.17) is 4.42 Å². The second-order valence-corrected chi connectivity index (χ2v) is 7.54. The van der Waals surface area contributed by atoms with Crippen LogP contribution in [0.3, 0.4) is 0 Å². The molecule has 0 aliphatic carbocycles. The maximum Gasteiger partial charge on any atom is 0.262 e. The van der Waals surface area contributed by atoms with E-state index in [9.17, 15) is 4.79 Å². The fraction of sp³-hybridized carbons (Fsp3) is 0.261. The van der Waals surface area contributed by atoms with E-state index < -0.39 is 0 Å². The number of hydrogen-bond acceptors (Lipinski definition) is 5. The third-order valence-electron chi connectivity index (χ3n) is 5.66. The molecule has 6 heteroatoms. The number of piperidine rings is 1. The van der Waals surface area contributed by atoms with Crippen molar-refractivity contribution in [1.29, 1.82) is 0 Å². The number of benzene rings is 1. The highest BCUT2D eigenvalue weighted by Crippen LogP contribution is 2.27. The Kier molecular flexibility index (Phi) is 4.60. The predicted octanol–water partition coefficient (Wildman–Crippen LogP) is 4.04. The summed E-state index contributed by atoms with van der Waals surface area (Å²) in [4.78, 5) is 27.0. The molecule has 146 valence electrons. The van der Waals surface area contributed by atoms with Crippen molar-refractivity contribution in [2.45, 2.75) is 19.3 Å². The average molecular weight is 386 g/mol. The van der Waals surface area contributed by atoms with Gasteiger partial charge >= 0.3 is 0 Å². The number of nitrogens with zero attached hydrogens (tertiary/aromatic N) is 3. The Morgan fingerprint density at radius 3 is 2.66 bits per heavy atom. The fourth-order valence-corrected chi connectivity index (χ4v) is 4.13. The minimum absolute atomic E-state index is 0.184. The SMILES string of the molecule is O=c1[nH]c(N2CCC(Cc3ccccc3)CC2)nc2nccc(-c3ccco3)c12. The van der Waals surface area contributed by atoms with E-state index in [2.05, 4.69) is 50.2 Å². The summed E-state index contributed by atoms with van der Waals surface area (Å²) in [7, 11) is 0. The van der Waals surface area contributed by atoms with Gasteiger partial charge in [0.1, 0.15) is 5.76 Å². The van der Waals surface area contributed by atoms with Crippen LogP contribution in [0.1, 0.15) is 18.4 Å². The third kappa shape index (κ3) is 3.53. The van der Waals surface area contributed by atoms with Crippen LogP contribution in [0.15, 0.2) is 70.2 Å². The summed E-state index contributed by atoms with van der Waals surface area (Å²) in [6.07, 6.45) is 6.52. The van der Waals surface area contributed by atoms with Gasteiger partial charge in [-0.05, 0) is 48.9 Å². The Balaban J connectivity index is 1.37. The summed E-state index contributed by atoms with van der Waals surface area (Å²) < 4.78 is 5.47. The van der Waals surface area contributed by atoms with Gasteiger partial charge < -0.3 is 9.32 Å². The highest BCUT2D eigenvalue weighted by Gasteiger charge is 2.22. The molecule has 6 nitrogen and oxygen atoms in total. The van der Waals surface area contributed by atoms with Gasteiger partial charge in [0, 0.05) is 24.8 Å². The van der Waals surface area contributed by atoms with Gasteiger partial charge in [0.05, 0.1) is 11.6 Å². The molecule has 0 saturated carbocycles. The summed E-state index contributed by atoms with van der Waals surface area (Å²) in [5, 5.41) is 0.463. The lowest BCUT2D eigenvalue weighted by Gasteiger charge is -2.32. The van der Waals surface area contributed by atoms with Crippen molar-refractivity contribution in [3.8, 4) is 11.3 Å². The first-order valence-electron chi connectivity index (χ1n) is 10.00. The molecule has 0 spiro atoms. The van der Waals surface area contributed by atoms with Crippen molar-refractivity contribution in [3.05, 3.63) is 76.9 Å². The number of nitrogens with one attached hydrogen (secondary N) is 1. The van der Waals surface area contributed by atoms with Crippen LogP contribution < -0.4 is 10.5 Å². The highest BCUT2D eigenvalue weighted by molar-refractivity contribution is 5.90. The first kappa shape index (κ1) is 17.7. The van der Waals surface area contributed by atoms with Gasteiger partial charge in [0.2, 0.25) is 5.95 Å². The summed E-state index contributed by atoms with van der Waals surface area (Å²) in [6, 6.07) is 16.0. The summed E-state index contributed by atoms with van der Waals surface area (Å²) in [5.74, 6) is 1.90. The van der Waals surface area contributed by atoms with E-state index in [0.717, 1.165) is 32.4 Å². The van der Waals surface area contributed by atoms with E-state index in [0.29, 0.717) is 34.2 Å². The quantitative estimate of drug-likeness (QED) is 0.573. The van der Waals surface area contributed by atoms with E-state index in [1.807, 2.05) is 6.07 Å². The number of pyridine rings is 1. The molecule has 1 aromatic carbocycles. The maximum absolute atomic E-state index is 12.9. The van der Waals surface area contributed by atoms with Crippen LogP contribution in [0, 0.1) is 5.92 Å². The van der Waals surface area contributed by atoms with Crippen molar-refractivity contribution in [2.75, 3.05) is 18.0 Å². The highest BCUT2D eigenvalue weighted by atomic mass is 16.3. The number of fused-ring (bicyclic) bond motifs is 1. The molecule has 1 fully saturated rings. The minimum Gasteiger partial charge on any atom is -0.464 e. The summed E-state index contributed by atoms with van der Waals surface area (Å²) >= 11 is 0. The van der Waals surface area contributed by atoms with Crippen LogP contribution in [0.25, 0.3) is 22.4 Å². The van der Waals surface area contributed by atoms with Crippen LogP contribution >= 0.6 is 0 Å². The van der Waals surface area contributed by atoms with Crippen LogP contribution in [0.5, 0.6) is 0 Å². The fourth-order valence-electron chi connectivity index (χ4n) is 4.13. The molecular weight excluding hydrogens is 364 g/mol. The van der Waals surface area contributed by atoms with Crippen LogP contribution in [-0.4, -0.2) is 28.0 Å². The topological polar surface area (TPSA) is 75.0 Å². The second-order valence-electron chi connectivity index (χ2n) is 7.54. The van der Waals surface area contributed by atoms with Gasteiger partial charge in [-0.15, -0.1) is 0 Å². The van der Waals surface area contributed by atoms with Crippen LogP contribution in [0.4, 0.5) is 5.95 Å². The molecule has 0 unspecified atom stereocenters. The zero-order valence-corrected chi connectivity index (χ0v) is 16.0. The normalized spacial score (nSPS) is 15.1. The molecule has 1 N–H and O–H groups in total. The first-order chi connectivity index (χ1) is 14.3. The van der Waals surface area contributed by atoms with Gasteiger partial charge in [-0.2, -0.15) is 4.98 Å². The Hall–Kier alpha value is -3.41. The Labute approximate surface area is 168 Å². The lowest BCUT2D eigenvalue weighted by Crippen LogP contribution is -2.36. The number of aromatic nitrogens is 3. The molecule has 0 bridgehead atoms. The van der Waals surface area contributed by atoms with Crippen molar-refractivity contribution >= 4 is 17.0 Å². The van der Waals surface area contributed by atoms with Gasteiger partial charge in [-0.1, -0.05) is 30.3 Å². The van der Waals surface area contributed by atoms with Crippen molar-refractivity contribution < 1.29 is 4.42 Å². The number of H-pyrrole nitrogens is 1. The molecular formula is C23H22N4O2. The Morgan fingerprint density at radius 2 is 1.90 bits per heavy atom. The number of anilines is 1. The smallest absolute Gasteiger partial charge is 0.262 e. The van der Waals surface area contributed by atoms with Crippen molar-refractivity contribution in [1.82, 2.24) is 15.0 Å². The van der Waals surface area contributed by atoms with E-state index >= 15 is 0 Å². The summed E-state index contributed by atoms with van der Waals surface area (Å²) in [5.41, 5.74) is 2.36. The molecule has 4 heterocycles. The first-order valence-corrected chi connectivity index (χ1v) is 10.00. The van der Waals surface area contributed by atoms with E-state index in [-0.39, 0.29) is 5.56 Å². The van der Waals surface area contributed by atoms with Crippen LogP contribution in [0.2, 0.25) is 0 Å². The van der Waals surface area contributed by atoms with Crippen molar-refractivity contribution in [2.24, 2.45) is 5.92 Å². The van der Waals surface area contributed by atoms with Crippen molar-refractivity contribution in [3.63, 3.8) is 0 Å². The molecule has 1 saturated heterocycles. The Morgan fingerprint density at radius 1 is 1.07 bits per heavy atom. The second kappa shape index (κ2) is 7.54. The van der Waals surface area contributed by atoms with E-state index in [1.54, 1.807) is 24.6 Å². The number of hydrogen-bond donors (Lipinski definition) is 1. The molecule has 5 rings (SSSR count). The molecule has 29 heavy (non-hydrogen) atoms. The lowest BCUT2D eigenvalue weighted by molar-refractivity contribution is 0.400. The average Bonchev–Trinajstić information content (AvgIpc) is 3.29. The maximum atomic E-state index is 12.9. The molecule has 3 aromatic heterocycles. The van der Waals surface area contributed by atoms with Gasteiger partial charge in [-0.3, -0.25) is 9.78 Å².